The van der Waals surface area contributed by atoms with Gasteiger partial charge in [0.05, 0.1) is 5.52 Å². The summed E-state index contributed by atoms with van der Waals surface area (Å²) in [5, 5.41) is 1.38. The van der Waals surface area contributed by atoms with Crippen LogP contribution in [-0.4, -0.2) is 4.57 Å². The number of hydrogen-bond acceptors (Lipinski definition) is 0. The highest BCUT2D eigenvalue weighted by Gasteiger charge is 2.19. The lowest BCUT2D eigenvalue weighted by molar-refractivity contribution is 0.827. The lowest BCUT2D eigenvalue weighted by Crippen LogP contribution is -2.04. The third kappa shape index (κ3) is 1.92. The highest BCUT2D eigenvalue weighted by Crippen LogP contribution is 2.36. The minimum absolute atomic E-state index is 1.14. The summed E-state index contributed by atoms with van der Waals surface area (Å²) in [6, 6.07) is 19.5. The second-order valence-corrected chi connectivity index (χ2v) is 5.70. The molecule has 0 atom stereocenters. The first-order valence-electron chi connectivity index (χ1n) is 7.75. The van der Waals surface area contributed by atoms with Gasteiger partial charge in [-0.15, -0.1) is 0 Å². The molecule has 104 valence electrons. The first-order chi connectivity index (χ1) is 10.4. The summed E-state index contributed by atoms with van der Waals surface area (Å²) in [4.78, 5) is 0. The van der Waals surface area contributed by atoms with Crippen LogP contribution < -0.4 is 0 Å². The van der Waals surface area contributed by atoms with E-state index in [2.05, 4.69) is 72.2 Å². The van der Waals surface area contributed by atoms with Crippen LogP contribution >= 0.6 is 0 Å². The molecule has 1 heterocycles. The molecule has 0 N–H and O–H groups in total. The monoisotopic (exact) mass is 273 g/mol. The molecule has 1 aromatic heterocycles. The Morgan fingerprint density at radius 1 is 0.905 bits per heavy atom. The number of rotatable bonds is 2. The number of allylic oxidation sites excluding steroid dienone is 1. The van der Waals surface area contributed by atoms with E-state index in [4.69, 9.17) is 0 Å². The second-order valence-electron chi connectivity index (χ2n) is 5.70. The minimum Gasteiger partial charge on any atom is -0.313 e. The zero-order valence-electron chi connectivity index (χ0n) is 12.3. The van der Waals surface area contributed by atoms with Crippen LogP contribution in [-0.2, 0) is 6.42 Å². The third-order valence-corrected chi connectivity index (χ3v) is 4.52. The summed E-state index contributed by atoms with van der Waals surface area (Å²) in [6.45, 7) is 2.26. The fourth-order valence-corrected chi connectivity index (χ4v) is 3.43. The summed E-state index contributed by atoms with van der Waals surface area (Å²) in [7, 11) is 0. The molecule has 3 aromatic rings. The van der Waals surface area contributed by atoms with E-state index >= 15 is 0 Å². The van der Waals surface area contributed by atoms with Crippen molar-refractivity contribution in [3.63, 3.8) is 0 Å². The Kier molecular flexibility index (Phi) is 2.92. The van der Waals surface area contributed by atoms with Crippen molar-refractivity contribution < 1.29 is 0 Å². The van der Waals surface area contributed by atoms with Gasteiger partial charge >= 0.3 is 0 Å². The molecule has 0 aliphatic heterocycles. The second kappa shape index (κ2) is 4.92. The number of benzene rings is 2. The number of fused-ring (bicyclic) bond motifs is 3. The first-order valence-corrected chi connectivity index (χ1v) is 7.75. The number of para-hydroxylation sites is 2. The smallest absolute Gasteiger partial charge is 0.0537 e. The summed E-state index contributed by atoms with van der Waals surface area (Å²) in [5.74, 6) is 0. The number of nitrogens with zero attached hydrogens (tertiary/aromatic N) is 1. The Balaban J connectivity index is 2.07. The van der Waals surface area contributed by atoms with Crippen LogP contribution in [0.4, 0.5) is 0 Å². The minimum atomic E-state index is 1.14. The molecule has 1 aliphatic rings. The van der Waals surface area contributed by atoms with Crippen molar-refractivity contribution in [2.45, 2.75) is 26.2 Å². The van der Waals surface area contributed by atoms with Crippen LogP contribution in [0.1, 0.15) is 31.0 Å². The first kappa shape index (κ1) is 12.5. The van der Waals surface area contributed by atoms with Gasteiger partial charge in [0.1, 0.15) is 0 Å². The van der Waals surface area contributed by atoms with Gasteiger partial charge in [-0.2, -0.15) is 0 Å². The van der Waals surface area contributed by atoms with E-state index in [1.807, 2.05) is 0 Å². The predicted octanol–water partition coefficient (Wildman–Crippen LogP) is 5.37. The maximum Gasteiger partial charge on any atom is 0.0537 e. The van der Waals surface area contributed by atoms with Crippen molar-refractivity contribution in [3.8, 4) is 5.69 Å². The SMILES string of the molecule is CCC1=Cc2c(n(-c3ccccc3)c3ccccc23)CC1. The highest BCUT2D eigenvalue weighted by molar-refractivity contribution is 5.93. The summed E-state index contributed by atoms with van der Waals surface area (Å²) in [6.07, 6.45) is 5.90. The van der Waals surface area contributed by atoms with Crippen LogP contribution in [0.2, 0.25) is 0 Å². The lowest BCUT2D eigenvalue weighted by atomic mass is 9.94. The van der Waals surface area contributed by atoms with Crippen molar-refractivity contribution in [3.05, 3.63) is 71.4 Å². The quantitative estimate of drug-likeness (QED) is 0.591. The van der Waals surface area contributed by atoms with Gasteiger partial charge in [-0.25, -0.2) is 0 Å². The van der Waals surface area contributed by atoms with E-state index in [0.717, 1.165) is 12.8 Å². The van der Waals surface area contributed by atoms with E-state index in [1.165, 1.54) is 34.3 Å². The van der Waals surface area contributed by atoms with Crippen molar-refractivity contribution >= 4 is 17.0 Å². The van der Waals surface area contributed by atoms with Gasteiger partial charge < -0.3 is 4.57 Å². The lowest BCUT2D eigenvalue weighted by Gasteiger charge is -2.16. The summed E-state index contributed by atoms with van der Waals surface area (Å²) in [5.41, 5.74) is 7.04. The van der Waals surface area contributed by atoms with Gasteiger partial charge in [-0.05, 0) is 37.5 Å². The fraction of sp³-hybridized carbons (Fsp3) is 0.200. The van der Waals surface area contributed by atoms with E-state index in [1.54, 1.807) is 5.57 Å². The van der Waals surface area contributed by atoms with Gasteiger partial charge in [0.15, 0.2) is 0 Å². The van der Waals surface area contributed by atoms with Crippen LogP contribution in [0.15, 0.2) is 60.2 Å². The fourth-order valence-electron chi connectivity index (χ4n) is 3.43. The van der Waals surface area contributed by atoms with Gasteiger partial charge in [0.25, 0.3) is 0 Å². The third-order valence-electron chi connectivity index (χ3n) is 4.52. The Bertz CT molecular complexity index is 822. The highest BCUT2D eigenvalue weighted by atomic mass is 15.0. The number of hydrogen-bond donors (Lipinski definition) is 0. The molecule has 0 saturated heterocycles. The molecule has 0 amide bonds. The van der Waals surface area contributed by atoms with E-state index < -0.39 is 0 Å². The molecular weight excluding hydrogens is 254 g/mol. The zero-order chi connectivity index (χ0) is 14.2. The molecule has 1 nitrogen and oxygen atoms in total. The normalized spacial score (nSPS) is 14.0. The van der Waals surface area contributed by atoms with Gasteiger partial charge in [0, 0.05) is 22.3 Å². The summed E-state index contributed by atoms with van der Waals surface area (Å²) >= 11 is 0. The number of aromatic nitrogens is 1. The molecule has 0 spiro atoms. The maximum absolute atomic E-state index is 2.44. The van der Waals surface area contributed by atoms with Crippen molar-refractivity contribution in [2.24, 2.45) is 0 Å². The molecule has 0 radical (unpaired) electrons. The Morgan fingerprint density at radius 2 is 1.67 bits per heavy atom. The van der Waals surface area contributed by atoms with E-state index in [0.29, 0.717) is 0 Å². The van der Waals surface area contributed by atoms with Crippen LogP contribution in [0.25, 0.3) is 22.7 Å². The molecule has 21 heavy (non-hydrogen) atoms. The van der Waals surface area contributed by atoms with Crippen LogP contribution in [0.5, 0.6) is 0 Å². The average Bonchev–Trinajstić information content (AvgIpc) is 2.89. The zero-order valence-corrected chi connectivity index (χ0v) is 12.3. The molecule has 1 heteroatoms. The van der Waals surface area contributed by atoms with Gasteiger partial charge in [0.2, 0.25) is 0 Å². The van der Waals surface area contributed by atoms with Crippen molar-refractivity contribution in [1.29, 1.82) is 0 Å². The van der Waals surface area contributed by atoms with Crippen molar-refractivity contribution in [2.75, 3.05) is 0 Å². The molecule has 2 aromatic carbocycles. The molecule has 0 fully saturated rings. The Labute approximate surface area is 125 Å². The van der Waals surface area contributed by atoms with Crippen LogP contribution in [0.3, 0.4) is 0 Å². The van der Waals surface area contributed by atoms with E-state index in [9.17, 15) is 0 Å². The van der Waals surface area contributed by atoms with Gasteiger partial charge in [-0.1, -0.05) is 55.0 Å². The topological polar surface area (TPSA) is 4.93 Å². The largest absolute Gasteiger partial charge is 0.313 e. The predicted molar refractivity (Wildman–Crippen MR) is 89.9 cm³/mol. The Hall–Kier alpha value is -2.28. The van der Waals surface area contributed by atoms with Crippen LogP contribution in [0, 0.1) is 0 Å². The van der Waals surface area contributed by atoms with Crippen molar-refractivity contribution in [1.82, 2.24) is 4.57 Å². The maximum atomic E-state index is 2.44. The molecule has 1 aliphatic carbocycles. The molecule has 0 bridgehead atoms. The summed E-state index contributed by atoms with van der Waals surface area (Å²) < 4.78 is 2.44. The average molecular weight is 273 g/mol. The Morgan fingerprint density at radius 3 is 2.48 bits per heavy atom. The molecular formula is C20H19N. The molecule has 0 saturated carbocycles. The van der Waals surface area contributed by atoms with Gasteiger partial charge in [-0.3, -0.25) is 0 Å². The van der Waals surface area contributed by atoms with E-state index in [-0.39, 0.29) is 0 Å². The standard InChI is InChI=1S/C20H19N/c1-2-15-12-13-20-18(14-15)17-10-6-7-11-19(17)21(20)16-8-4-3-5-9-16/h3-11,14H,2,12-13H2,1H3. The molecule has 0 unspecified atom stereocenters. The molecule has 4 rings (SSSR count).